The quantitative estimate of drug-likeness (QED) is 0.940. The summed E-state index contributed by atoms with van der Waals surface area (Å²) in [5.74, 6) is 0.602. The van der Waals surface area contributed by atoms with Crippen molar-refractivity contribution in [3.63, 3.8) is 0 Å². The van der Waals surface area contributed by atoms with E-state index in [9.17, 15) is 0 Å². The average molecular weight is 309 g/mol. The van der Waals surface area contributed by atoms with Gasteiger partial charge in [0.1, 0.15) is 0 Å². The van der Waals surface area contributed by atoms with Gasteiger partial charge in [0.05, 0.1) is 6.20 Å². The van der Waals surface area contributed by atoms with Crippen molar-refractivity contribution < 1.29 is 4.74 Å². The van der Waals surface area contributed by atoms with Gasteiger partial charge in [-0.25, -0.2) is 4.98 Å². The van der Waals surface area contributed by atoms with Crippen molar-refractivity contribution in [2.75, 3.05) is 7.05 Å². The highest BCUT2D eigenvalue weighted by atomic mass is 79.9. The Bertz CT molecular complexity index is 547. The molecule has 94 valence electrons. The lowest BCUT2D eigenvalue weighted by molar-refractivity contribution is 0.437. The Kier molecular flexibility index (Phi) is 4.22. The summed E-state index contributed by atoms with van der Waals surface area (Å²) in [6, 6.07) is 2.14. The largest absolute Gasteiger partial charge is 0.423 e. The fraction of sp³-hybridized carbons (Fsp3) is 0.250. The fourth-order valence-corrected chi connectivity index (χ4v) is 1.78. The molecule has 0 spiro atoms. The lowest BCUT2D eigenvalue weighted by atomic mass is 10.2. The first-order chi connectivity index (χ1) is 8.69. The van der Waals surface area contributed by atoms with Gasteiger partial charge in [0.25, 0.3) is 0 Å². The van der Waals surface area contributed by atoms with Gasteiger partial charge in [-0.1, -0.05) is 0 Å². The monoisotopic (exact) mass is 308 g/mol. The van der Waals surface area contributed by atoms with Crippen LogP contribution in [0, 0.1) is 6.92 Å². The van der Waals surface area contributed by atoms with Crippen LogP contribution in [0.3, 0.4) is 0 Å². The molecular weight excluding hydrogens is 296 g/mol. The van der Waals surface area contributed by atoms with Gasteiger partial charge < -0.3 is 10.1 Å². The van der Waals surface area contributed by atoms with E-state index in [4.69, 9.17) is 4.74 Å². The molecule has 2 aromatic rings. The van der Waals surface area contributed by atoms with E-state index in [0.717, 1.165) is 22.3 Å². The summed E-state index contributed by atoms with van der Waals surface area (Å²) in [6.07, 6.45) is 5.07. The van der Waals surface area contributed by atoms with E-state index in [0.29, 0.717) is 11.8 Å². The molecule has 0 aliphatic rings. The molecule has 0 aliphatic carbocycles. The van der Waals surface area contributed by atoms with Crippen LogP contribution >= 0.6 is 15.9 Å². The summed E-state index contributed by atoms with van der Waals surface area (Å²) in [4.78, 5) is 12.5. The molecule has 0 saturated carbocycles. The van der Waals surface area contributed by atoms with Crippen LogP contribution in [0.2, 0.25) is 0 Å². The molecule has 0 aromatic carbocycles. The molecule has 1 N–H and O–H groups in total. The third-order valence-electron chi connectivity index (χ3n) is 2.32. The predicted octanol–water partition coefficient (Wildman–Crippen LogP) is 2.45. The number of nitrogens with zero attached hydrogens (tertiary/aromatic N) is 3. The van der Waals surface area contributed by atoms with Crippen molar-refractivity contribution in [2.45, 2.75) is 13.5 Å². The van der Waals surface area contributed by atoms with Gasteiger partial charge in [0.15, 0.2) is 5.75 Å². The van der Waals surface area contributed by atoms with E-state index in [1.165, 1.54) is 0 Å². The molecule has 0 aliphatic heterocycles. The molecule has 0 radical (unpaired) electrons. The highest BCUT2D eigenvalue weighted by molar-refractivity contribution is 9.10. The Morgan fingerprint density at radius 2 is 2.17 bits per heavy atom. The first-order valence-corrected chi connectivity index (χ1v) is 6.24. The van der Waals surface area contributed by atoms with E-state index in [1.807, 2.05) is 20.0 Å². The summed E-state index contributed by atoms with van der Waals surface area (Å²) < 4.78 is 6.39. The van der Waals surface area contributed by atoms with E-state index in [1.54, 1.807) is 18.6 Å². The topological polar surface area (TPSA) is 59.9 Å². The van der Waals surface area contributed by atoms with Gasteiger partial charge in [0.2, 0.25) is 0 Å². The third kappa shape index (κ3) is 3.24. The normalized spacial score (nSPS) is 10.4. The zero-order valence-electron chi connectivity index (χ0n) is 10.1. The highest BCUT2D eigenvalue weighted by Crippen LogP contribution is 2.20. The Balaban J connectivity index is 2.17. The van der Waals surface area contributed by atoms with Crippen LogP contribution < -0.4 is 10.1 Å². The van der Waals surface area contributed by atoms with Crippen LogP contribution in [0.25, 0.3) is 0 Å². The lowest BCUT2D eigenvalue weighted by Crippen LogP contribution is -2.08. The van der Waals surface area contributed by atoms with Gasteiger partial charge in [0, 0.05) is 34.7 Å². The number of pyridine rings is 1. The number of hydrogen-bond donors (Lipinski definition) is 1. The molecule has 0 amide bonds. The van der Waals surface area contributed by atoms with Crippen LogP contribution in [0.1, 0.15) is 11.3 Å². The molecule has 0 saturated heterocycles. The second kappa shape index (κ2) is 5.88. The first-order valence-electron chi connectivity index (χ1n) is 5.44. The van der Waals surface area contributed by atoms with Crippen LogP contribution in [0.15, 0.2) is 29.1 Å². The van der Waals surface area contributed by atoms with Crippen molar-refractivity contribution in [3.8, 4) is 11.8 Å². The van der Waals surface area contributed by atoms with E-state index < -0.39 is 0 Å². The fourth-order valence-electron chi connectivity index (χ4n) is 1.44. The molecule has 5 nitrogen and oxygen atoms in total. The minimum absolute atomic E-state index is 0.326. The van der Waals surface area contributed by atoms with Crippen molar-refractivity contribution in [3.05, 3.63) is 40.4 Å². The van der Waals surface area contributed by atoms with E-state index in [2.05, 4.69) is 36.2 Å². The zero-order chi connectivity index (χ0) is 13.0. The summed E-state index contributed by atoms with van der Waals surface area (Å²) in [5.41, 5.74) is 1.95. The van der Waals surface area contributed by atoms with Gasteiger partial charge >= 0.3 is 6.01 Å². The molecule has 2 rings (SSSR count). The molecule has 0 unspecified atom stereocenters. The van der Waals surface area contributed by atoms with Crippen molar-refractivity contribution in [1.29, 1.82) is 0 Å². The first kappa shape index (κ1) is 12.9. The van der Waals surface area contributed by atoms with Crippen LogP contribution in [-0.4, -0.2) is 22.0 Å². The Labute approximate surface area is 114 Å². The maximum absolute atomic E-state index is 5.54. The number of halogens is 1. The zero-order valence-corrected chi connectivity index (χ0v) is 11.7. The minimum Gasteiger partial charge on any atom is -0.423 e. The second-order valence-corrected chi connectivity index (χ2v) is 4.65. The molecule has 0 bridgehead atoms. The molecular formula is C12H13BrN4O. The third-order valence-corrected chi connectivity index (χ3v) is 2.75. The molecule has 0 atom stereocenters. The lowest BCUT2D eigenvalue weighted by Gasteiger charge is -2.07. The number of aromatic nitrogens is 3. The SMILES string of the molecule is CNCc1cnc(Oc2cncc(Br)c2)nc1C. The molecule has 0 fully saturated rings. The maximum atomic E-state index is 5.54. The number of rotatable bonds is 4. The molecule has 2 heterocycles. The van der Waals surface area contributed by atoms with Gasteiger partial charge in [-0.05, 0) is 36.0 Å². The number of hydrogen-bond acceptors (Lipinski definition) is 5. The molecule has 18 heavy (non-hydrogen) atoms. The Morgan fingerprint density at radius 3 is 2.83 bits per heavy atom. The van der Waals surface area contributed by atoms with Crippen molar-refractivity contribution in [2.24, 2.45) is 0 Å². The van der Waals surface area contributed by atoms with Gasteiger partial charge in [-0.2, -0.15) is 4.98 Å². The van der Waals surface area contributed by atoms with Crippen molar-refractivity contribution >= 4 is 15.9 Å². The maximum Gasteiger partial charge on any atom is 0.322 e. The molecule has 6 heteroatoms. The Morgan fingerprint density at radius 1 is 1.33 bits per heavy atom. The minimum atomic E-state index is 0.326. The Hall–Kier alpha value is -1.53. The van der Waals surface area contributed by atoms with Crippen LogP contribution in [-0.2, 0) is 6.54 Å². The summed E-state index contributed by atoms with van der Waals surface area (Å²) in [6.45, 7) is 2.67. The summed E-state index contributed by atoms with van der Waals surface area (Å²) in [5, 5.41) is 3.06. The molecule has 2 aromatic heterocycles. The number of aryl methyl sites for hydroxylation is 1. The standard InChI is InChI=1S/C12H13BrN4O/c1-8-9(4-14-2)5-16-12(17-8)18-11-3-10(13)6-15-7-11/h3,5-7,14H,4H2,1-2H3. The van der Waals surface area contributed by atoms with Crippen molar-refractivity contribution in [1.82, 2.24) is 20.3 Å². The summed E-state index contributed by atoms with van der Waals surface area (Å²) >= 11 is 3.33. The summed E-state index contributed by atoms with van der Waals surface area (Å²) in [7, 11) is 1.89. The smallest absolute Gasteiger partial charge is 0.322 e. The predicted molar refractivity (Wildman–Crippen MR) is 71.5 cm³/mol. The highest BCUT2D eigenvalue weighted by Gasteiger charge is 2.05. The van der Waals surface area contributed by atoms with E-state index >= 15 is 0 Å². The average Bonchev–Trinajstić information content (AvgIpc) is 2.33. The van der Waals surface area contributed by atoms with Crippen LogP contribution in [0.5, 0.6) is 11.8 Å². The van der Waals surface area contributed by atoms with Gasteiger partial charge in [-0.15, -0.1) is 0 Å². The number of nitrogens with one attached hydrogen (secondary N) is 1. The number of ether oxygens (including phenoxy) is 1. The van der Waals surface area contributed by atoms with Crippen LogP contribution in [0.4, 0.5) is 0 Å². The second-order valence-electron chi connectivity index (χ2n) is 3.73. The van der Waals surface area contributed by atoms with E-state index in [-0.39, 0.29) is 0 Å². The van der Waals surface area contributed by atoms with Gasteiger partial charge in [-0.3, -0.25) is 4.98 Å².